The lowest BCUT2D eigenvalue weighted by molar-refractivity contribution is -0.143. The zero-order valence-electron chi connectivity index (χ0n) is 10.8. The molecule has 1 aromatic rings. The maximum Gasteiger partial charge on any atom is 0.323 e. The predicted octanol–water partition coefficient (Wildman–Crippen LogP) is 1.26. The number of aliphatic carboxylic acids is 1. The maximum atomic E-state index is 11.9. The molecule has 0 atom stereocenters. The minimum absolute atomic E-state index is 0.251. The number of carbonyl (C=O) groups is 2. The third-order valence-corrected chi connectivity index (χ3v) is 2.42. The first kappa shape index (κ1) is 14.9. The lowest BCUT2D eigenvalue weighted by Gasteiger charge is -2.18. The van der Waals surface area contributed by atoms with Gasteiger partial charge >= 0.3 is 5.97 Å². The van der Waals surface area contributed by atoms with Crippen molar-refractivity contribution in [3.63, 3.8) is 0 Å². The largest absolute Gasteiger partial charge is 0.480 e. The second-order valence-electron chi connectivity index (χ2n) is 3.89. The van der Waals surface area contributed by atoms with Crippen molar-refractivity contribution in [3.8, 4) is 0 Å². The molecule has 0 aliphatic rings. The average molecular weight is 263 g/mol. The summed E-state index contributed by atoms with van der Waals surface area (Å²) in [6.07, 6.45) is 3.03. The second-order valence-corrected chi connectivity index (χ2v) is 3.89. The van der Waals surface area contributed by atoms with Crippen LogP contribution in [-0.2, 0) is 14.3 Å². The van der Waals surface area contributed by atoms with Gasteiger partial charge in [0.25, 0.3) is 0 Å². The monoisotopic (exact) mass is 263 g/mol. The number of benzene rings is 1. The lowest BCUT2D eigenvalue weighted by Crippen LogP contribution is -2.36. The number of hydrogen-bond donors (Lipinski definition) is 1. The van der Waals surface area contributed by atoms with E-state index in [1.165, 1.54) is 18.1 Å². The van der Waals surface area contributed by atoms with Crippen molar-refractivity contribution in [3.05, 3.63) is 42.0 Å². The molecule has 19 heavy (non-hydrogen) atoms. The van der Waals surface area contributed by atoms with Crippen molar-refractivity contribution in [2.75, 3.05) is 26.8 Å². The molecule has 1 rings (SSSR count). The molecule has 0 heterocycles. The molecule has 5 heteroatoms. The van der Waals surface area contributed by atoms with Gasteiger partial charge in [0.1, 0.15) is 6.54 Å². The number of rotatable bonds is 7. The van der Waals surface area contributed by atoms with Crippen molar-refractivity contribution in [2.24, 2.45) is 0 Å². The van der Waals surface area contributed by atoms with Crippen LogP contribution in [0.5, 0.6) is 0 Å². The zero-order valence-corrected chi connectivity index (χ0v) is 10.8. The van der Waals surface area contributed by atoms with Crippen LogP contribution in [0.4, 0.5) is 0 Å². The first-order valence-corrected chi connectivity index (χ1v) is 5.86. The Morgan fingerprint density at radius 3 is 2.58 bits per heavy atom. The molecular weight excluding hydrogens is 246 g/mol. The van der Waals surface area contributed by atoms with E-state index < -0.39 is 5.97 Å². The van der Waals surface area contributed by atoms with Gasteiger partial charge in [-0.05, 0) is 11.6 Å². The van der Waals surface area contributed by atoms with E-state index in [0.717, 1.165) is 5.56 Å². The molecule has 1 N–H and O–H groups in total. The van der Waals surface area contributed by atoms with E-state index >= 15 is 0 Å². The standard InChI is InChI=1S/C14H17NO4/c1-19-10-9-15(11-14(17)18)13(16)8-7-12-5-3-2-4-6-12/h2-8H,9-11H2,1H3,(H,17,18). The van der Waals surface area contributed by atoms with Crippen LogP contribution in [0.3, 0.4) is 0 Å². The molecule has 0 spiro atoms. The highest BCUT2D eigenvalue weighted by Crippen LogP contribution is 2.02. The van der Waals surface area contributed by atoms with Gasteiger partial charge in [-0.1, -0.05) is 30.3 Å². The van der Waals surface area contributed by atoms with Gasteiger partial charge in [-0.2, -0.15) is 0 Å². The van der Waals surface area contributed by atoms with Crippen LogP contribution in [0.15, 0.2) is 36.4 Å². The molecule has 102 valence electrons. The summed E-state index contributed by atoms with van der Waals surface area (Å²) in [5.74, 6) is -1.39. The number of carbonyl (C=O) groups excluding carboxylic acids is 1. The highest BCUT2D eigenvalue weighted by molar-refractivity contribution is 5.93. The van der Waals surface area contributed by atoms with E-state index in [0.29, 0.717) is 6.61 Å². The Hall–Kier alpha value is -2.14. The Labute approximate surface area is 112 Å². The summed E-state index contributed by atoms with van der Waals surface area (Å²) in [4.78, 5) is 23.8. The first-order chi connectivity index (χ1) is 9.13. The minimum atomic E-state index is -1.04. The smallest absolute Gasteiger partial charge is 0.323 e. The van der Waals surface area contributed by atoms with Gasteiger partial charge in [0.05, 0.1) is 6.61 Å². The predicted molar refractivity (Wildman–Crippen MR) is 71.6 cm³/mol. The van der Waals surface area contributed by atoms with Gasteiger partial charge < -0.3 is 14.7 Å². The van der Waals surface area contributed by atoms with Crippen LogP contribution in [-0.4, -0.2) is 48.7 Å². The van der Waals surface area contributed by atoms with Crippen molar-refractivity contribution >= 4 is 18.0 Å². The molecule has 0 saturated carbocycles. The van der Waals surface area contributed by atoms with Crippen LogP contribution in [0.25, 0.3) is 6.08 Å². The summed E-state index contributed by atoms with van der Waals surface area (Å²) in [7, 11) is 1.50. The molecule has 1 amide bonds. The Balaban J connectivity index is 2.65. The first-order valence-electron chi connectivity index (χ1n) is 5.86. The fourth-order valence-electron chi connectivity index (χ4n) is 1.47. The summed E-state index contributed by atoms with van der Waals surface area (Å²) < 4.78 is 4.86. The number of methoxy groups -OCH3 is 1. The highest BCUT2D eigenvalue weighted by Gasteiger charge is 2.13. The Bertz CT molecular complexity index is 442. The van der Waals surface area contributed by atoms with E-state index in [2.05, 4.69) is 0 Å². The lowest BCUT2D eigenvalue weighted by atomic mass is 10.2. The Morgan fingerprint density at radius 1 is 1.32 bits per heavy atom. The van der Waals surface area contributed by atoms with Gasteiger partial charge in [-0.25, -0.2) is 0 Å². The van der Waals surface area contributed by atoms with E-state index in [4.69, 9.17) is 9.84 Å². The molecule has 0 unspecified atom stereocenters. The number of nitrogens with zero attached hydrogens (tertiary/aromatic N) is 1. The third-order valence-electron chi connectivity index (χ3n) is 2.42. The number of amides is 1. The highest BCUT2D eigenvalue weighted by atomic mass is 16.5. The van der Waals surface area contributed by atoms with Crippen LogP contribution in [0.2, 0.25) is 0 Å². The molecule has 0 aliphatic heterocycles. The average Bonchev–Trinajstić information content (AvgIpc) is 2.41. The molecule has 0 aromatic heterocycles. The normalized spacial score (nSPS) is 10.6. The summed E-state index contributed by atoms with van der Waals surface area (Å²) in [6, 6.07) is 9.34. The van der Waals surface area contributed by atoms with Crippen molar-refractivity contribution in [1.29, 1.82) is 0 Å². The van der Waals surface area contributed by atoms with E-state index in [1.54, 1.807) is 6.08 Å². The Kier molecular flexibility index (Phi) is 6.32. The SMILES string of the molecule is COCCN(CC(=O)O)C(=O)C=Cc1ccccc1. The summed E-state index contributed by atoms with van der Waals surface area (Å²) in [6.45, 7) is 0.223. The van der Waals surface area contributed by atoms with Gasteiger partial charge in [0, 0.05) is 19.7 Å². The third kappa shape index (κ3) is 5.83. The number of carboxylic acids is 1. The molecule has 0 saturated heterocycles. The molecule has 1 aromatic carbocycles. The van der Waals surface area contributed by atoms with Crippen LogP contribution < -0.4 is 0 Å². The topological polar surface area (TPSA) is 66.8 Å². The number of hydrogen-bond acceptors (Lipinski definition) is 3. The molecule has 0 bridgehead atoms. The quantitative estimate of drug-likeness (QED) is 0.752. The summed E-state index contributed by atoms with van der Waals surface area (Å²) in [5.41, 5.74) is 0.887. The van der Waals surface area contributed by atoms with Crippen molar-refractivity contribution < 1.29 is 19.4 Å². The Morgan fingerprint density at radius 2 is 2.00 bits per heavy atom. The van der Waals surface area contributed by atoms with Crippen LogP contribution in [0, 0.1) is 0 Å². The molecule has 0 aliphatic carbocycles. The van der Waals surface area contributed by atoms with Gasteiger partial charge in [0.15, 0.2) is 0 Å². The van der Waals surface area contributed by atoms with Gasteiger partial charge in [-0.3, -0.25) is 9.59 Å². The van der Waals surface area contributed by atoms with E-state index in [1.807, 2.05) is 30.3 Å². The zero-order chi connectivity index (χ0) is 14.1. The fraction of sp³-hybridized carbons (Fsp3) is 0.286. The fourth-order valence-corrected chi connectivity index (χ4v) is 1.47. The van der Waals surface area contributed by atoms with Crippen molar-refractivity contribution in [2.45, 2.75) is 0 Å². The number of carboxylic acid groups (broad SMARTS) is 1. The van der Waals surface area contributed by atoms with E-state index in [-0.39, 0.29) is 19.0 Å². The maximum absolute atomic E-state index is 11.9. The second kappa shape index (κ2) is 8.05. The minimum Gasteiger partial charge on any atom is -0.480 e. The molecule has 5 nitrogen and oxygen atoms in total. The number of ether oxygens (including phenoxy) is 1. The van der Waals surface area contributed by atoms with Gasteiger partial charge in [-0.15, -0.1) is 0 Å². The molecule has 0 fully saturated rings. The molecule has 0 radical (unpaired) electrons. The van der Waals surface area contributed by atoms with Gasteiger partial charge in [0.2, 0.25) is 5.91 Å². The summed E-state index contributed by atoms with van der Waals surface area (Å²) >= 11 is 0. The van der Waals surface area contributed by atoms with Crippen LogP contribution >= 0.6 is 0 Å². The summed E-state index contributed by atoms with van der Waals surface area (Å²) in [5, 5.41) is 8.76. The van der Waals surface area contributed by atoms with Crippen molar-refractivity contribution in [1.82, 2.24) is 4.90 Å². The van der Waals surface area contributed by atoms with E-state index in [9.17, 15) is 9.59 Å². The van der Waals surface area contributed by atoms with Crippen LogP contribution in [0.1, 0.15) is 5.56 Å². The molecular formula is C14H17NO4.